The molecule has 0 N–H and O–H groups in total. The van der Waals surface area contributed by atoms with E-state index in [0.717, 1.165) is 17.1 Å². The smallest absolute Gasteiger partial charge is 0.258 e. The molecule has 0 spiro atoms. The van der Waals surface area contributed by atoms with Crippen LogP contribution in [-0.4, -0.2) is 21.7 Å². The predicted molar refractivity (Wildman–Crippen MR) is 94.6 cm³/mol. The number of hydrogen-bond donors (Lipinski definition) is 0. The normalized spacial score (nSPS) is 10.4. The zero-order valence-electron chi connectivity index (χ0n) is 13.5. The van der Waals surface area contributed by atoms with Gasteiger partial charge in [-0.05, 0) is 37.3 Å². The Morgan fingerprint density at radius 3 is 2.62 bits per heavy atom. The third kappa shape index (κ3) is 3.60. The van der Waals surface area contributed by atoms with E-state index in [1.807, 2.05) is 49.4 Å². The van der Waals surface area contributed by atoms with Crippen LogP contribution in [0.2, 0.25) is 0 Å². The minimum atomic E-state index is -0.0850. The van der Waals surface area contributed by atoms with Crippen molar-refractivity contribution < 1.29 is 9.53 Å². The maximum Gasteiger partial charge on any atom is 0.258 e. The Kier molecular flexibility index (Phi) is 4.86. The first-order valence-corrected chi connectivity index (χ1v) is 8.22. The number of hydrogen-bond acceptors (Lipinski definition) is 5. The highest BCUT2D eigenvalue weighted by atomic mass is 32.1. The van der Waals surface area contributed by atoms with Crippen LogP contribution in [0, 0.1) is 6.92 Å². The number of aromatic nitrogens is 2. The van der Waals surface area contributed by atoms with Crippen molar-refractivity contribution >= 4 is 23.3 Å². The first kappa shape index (κ1) is 16.1. The van der Waals surface area contributed by atoms with Gasteiger partial charge in [-0.15, -0.1) is 0 Å². The number of aryl methyl sites for hydroxylation is 1. The van der Waals surface area contributed by atoms with Gasteiger partial charge in [0.1, 0.15) is 18.1 Å². The molecule has 6 heteroatoms. The van der Waals surface area contributed by atoms with E-state index in [9.17, 15) is 4.79 Å². The number of rotatable bonds is 5. The minimum Gasteiger partial charge on any atom is -0.487 e. The van der Waals surface area contributed by atoms with Gasteiger partial charge < -0.3 is 9.64 Å². The Morgan fingerprint density at radius 2 is 1.92 bits per heavy atom. The summed E-state index contributed by atoms with van der Waals surface area (Å²) in [7, 11) is 1.76. The van der Waals surface area contributed by atoms with Gasteiger partial charge in [-0.3, -0.25) is 4.79 Å². The van der Waals surface area contributed by atoms with Crippen LogP contribution in [0.4, 0.5) is 5.69 Å². The summed E-state index contributed by atoms with van der Waals surface area (Å²) in [5.41, 5.74) is 3.11. The van der Waals surface area contributed by atoms with Gasteiger partial charge in [-0.1, -0.05) is 24.3 Å². The van der Waals surface area contributed by atoms with Crippen LogP contribution in [0.15, 0.2) is 54.6 Å². The molecule has 0 saturated heterocycles. The van der Waals surface area contributed by atoms with Gasteiger partial charge in [0.15, 0.2) is 0 Å². The number of carbonyl (C=O) groups is 1. The van der Waals surface area contributed by atoms with Crippen molar-refractivity contribution in [1.82, 2.24) is 8.75 Å². The van der Waals surface area contributed by atoms with Crippen LogP contribution in [0.3, 0.4) is 0 Å². The molecule has 1 aromatic heterocycles. The van der Waals surface area contributed by atoms with Crippen molar-refractivity contribution in [3.63, 3.8) is 0 Å². The fourth-order valence-electron chi connectivity index (χ4n) is 2.21. The summed E-state index contributed by atoms with van der Waals surface area (Å²) in [5.74, 6) is 0.549. The van der Waals surface area contributed by atoms with Crippen LogP contribution in [0.5, 0.6) is 5.75 Å². The minimum absolute atomic E-state index is 0.0850. The molecule has 0 aliphatic rings. The Labute approximate surface area is 144 Å². The van der Waals surface area contributed by atoms with Gasteiger partial charge in [0.05, 0.1) is 17.4 Å². The maximum atomic E-state index is 12.6. The quantitative estimate of drug-likeness (QED) is 0.711. The fraction of sp³-hybridized carbons (Fsp3) is 0.167. The zero-order chi connectivity index (χ0) is 16.9. The zero-order valence-corrected chi connectivity index (χ0v) is 14.3. The molecule has 2 aromatic carbocycles. The van der Waals surface area contributed by atoms with E-state index < -0.39 is 0 Å². The third-order valence-electron chi connectivity index (χ3n) is 3.65. The summed E-state index contributed by atoms with van der Waals surface area (Å²) in [6, 6.07) is 16.7. The largest absolute Gasteiger partial charge is 0.487 e. The first-order valence-electron chi connectivity index (χ1n) is 7.49. The molecule has 0 fully saturated rings. The Bertz CT molecular complexity index is 833. The Balaban J connectivity index is 1.72. The van der Waals surface area contributed by atoms with Gasteiger partial charge in [-0.2, -0.15) is 8.75 Å². The molecule has 0 unspecified atom stereocenters. The molecule has 5 nitrogen and oxygen atoms in total. The van der Waals surface area contributed by atoms with E-state index in [1.54, 1.807) is 24.1 Å². The number of benzene rings is 2. The second-order valence-electron chi connectivity index (χ2n) is 5.31. The van der Waals surface area contributed by atoms with Gasteiger partial charge in [0.25, 0.3) is 5.91 Å². The van der Waals surface area contributed by atoms with E-state index >= 15 is 0 Å². The number of para-hydroxylation sites is 1. The summed E-state index contributed by atoms with van der Waals surface area (Å²) < 4.78 is 14.0. The molecular weight excluding hydrogens is 322 g/mol. The van der Waals surface area contributed by atoms with Crippen LogP contribution in [0.1, 0.15) is 21.7 Å². The molecule has 3 aromatic rings. The summed E-state index contributed by atoms with van der Waals surface area (Å²) in [6.07, 6.45) is 0. The summed E-state index contributed by atoms with van der Waals surface area (Å²) >= 11 is 1.17. The molecule has 3 rings (SSSR count). The molecular formula is C18H17N3O2S. The molecule has 0 aliphatic carbocycles. The highest BCUT2D eigenvalue weighted by molar-refractivity contribution is 6.99. The van der Waals surface area contributed by atoms with Crippen molar-refractivity contribution in [2.75, 3.05) is 11.9 Å². The third-order valence-corrected chi connectivity index (χ3v) is 4.31. The standard InChI is InChI=1S/C18H17N3O2S/c1-13-17(20-24-19-13)12-23-16-10-6-7-14(11-16)18(22)21(2)15-8-4-3-5-9-15/h3-11H,12H2,1-2H3. The van der Waals surface area contributed by atoms with Crippen LogP contribution in [-0.2, 0) is 6.61 Å². The summed E-state index contributed by atoms with van der Waals surface area (Å²) in [4.78, 5) is 14.3. The van der Waals surface area contributed by atoms with Gasteiger partial charge in [0, 0.05) is 18.3 Å². The molecule has 24 heavy (non-hydrogen) atoms. The van der Waals surface area contributed by atoms with Gasteiger partial charge in [-0.25, -0.2) is 0 Å². The van der Waals surface area contributed by atoms with Crippen molar-refractivity contribution in [3.05, 3.63) is 71.5 Å². The molecule has 0 aliphatic heterocycles. The van der Waals surface area contributed by atoms with Crippen molar-refractivity contribution in [3.8, 4) is 5.75 Å². The van der Waals surface area contributed by atoms with E-state index in [0.29, 0.717) is 17.9 Å². The lowest BCUT2D eigenvalue weighted by atomic mass is 10.1. The molecule has 0 radical (unpaired) electrons. The topological polar surface area (TPSA) is 55.3 Å². The molecule has 1 amide bonds. The van der Waals surface area contributed by atoms with Crippen LogP contribution < -0.4 is 9.64 Å². The number of nitrogens with zero attached hydrogens (tertiary/aromatic N) is 3. The molecule has 0 bridgehead atoms. The Hall–Kier alpha value is -2.73. The van der Waals surface area contributed by atoms with E-state index in [2.05, 4.69) is 8.75 Å². The summed E-state index contributed by atoms with van der Waals surface area (Å²) in [6.45, 7) is 2.24. The maximum absolute atomic E-state index is 12.6. The highest BCUT2D eigenvalue weighted by Crippen LogP contribution is 2.19. The fourth-order valence-corrected chi connectivity index (χ4v) is 2.77. The first-order chi connectivity index (χ1) is 11.6. The average molecular weight is 339 g/mol. The monoisotopic (exact) mass is 339 g/mol. The average Bonchev–Trinajstić information content (AvgIpc) is 3.04. The molecule has 122 valence electrons. The van der Waals surface area contributed by atoms with Gasteiger partial charge >= 0.3 is 0 Å². The molecule has 1 heterocycles. The number of ether oxygens (including phenoxy) is 1. The van der Waals surface area contributed by atoms with Crippen LogP contribution >= 0.6 is 11.7 Å². The second-order valence-corrected chi connectivity index (χ2v) is 5.84. The summed E-state index contributed by atoms with van der Waals surface area (Å²) in [5, 5.41) is 0. The highest BCUT2D eigenvalue weighted by Gasteiger charge is 2.14. The van der Waals surface area contributed by atoms with Crippen molar-refractivity contribution in [1.29, 1.82) is 0 Å². The molecule has 0 atom stereocenters. The Morgan fingerprint density at radius 1 is 1.12 bits per heavy atom. The van der Waals surface area contributed by atoms with Gasteiger partial charge in [0.2, 0.25) is 0 Å². The number of anilines is 1. The van der Waals surface area contributed by atoms with Crippen LogP contribution in [0.25, 0.3) is 0 Å². The lowest BCUT2D eigenvalue weighted by Crippen LogP contribution is -2.26. The van der Waals surface area contributed by atoms with E-state index in [4.69, 9.17) is 4.74 Å². The number of carbonyl (C=O) groups excluding carboxylic acids is 1. The lowest BCUT2D eigenvalue weighted by Gasteiger charge is -2.17. The van der Waals surface area contributed by atoms with E-state index in [-0.39, 0.29) is 5.91 Å². The predicted octanol–water partition coefficient (Wildman–Crippen LogP) is 3.70. The van der Waals surface area contributed by atoms with E-state index in [1.165, 1.54) is 11.7 Å². The SMILES string of the molecule is Cc1nsnc1COc1cccc(C(=O)N(C)c2ccccc2)c1. The van der Waals surface area contributed by atoms with Crippen molar-refractivity contribution in [2.24, 2.45) is 0 Å². The second kappa shape index (κ2) is 7.23. The molecule has 0 saturated carbocycles. The number of amides is 1. The lowest BCUT2D eigenvalue weighted by molar-refractivity contribution is 0.0992. The van der Waals surface area contributed by atoms with Crippen molar-refractivity contribution in [2.45, 2.75) is 13.5 Å².